The van der Waals surface area contributed by atoms with Gasteiger partial charge in [-0.15, -0.1) is 11.8 Å². The minimum Gasteiger partial charge on any atom is -0.454 e. The fourth-order valence-electron chi connectivity index (χ4n) is 3.50. The largest absolute Gasteiger partial charge is 0.454 e. The van der Waals surface area contributed by atoms with Gasteiger partial charge in [0, 0.05) is 17.2 Å². The summed E-state index contributed by atoms with van der Waals surface area (Å²) in [5.74, 6) is -0.901. The minimum absolute atomic E-state index is 0.380. The summed E-state index contributed by atoms with van der Waals surface area (Å²) < 4.78 is 4.91. The molecule has 8 nitrogen and oxygen atoms in total. The third-order valence-corrected chi connectivity index (χ3v) is 6.08. The van der Waals surface area contributed by atoms with Crippen LogP contribution in [0.25, 0.3) is 0 Å². The number of aryl methyl sites for hydroxylation is 1. The number of carbonyl (C=O) groups excluding carboxylic acids is 4. The Morgan fingerprint density at radius 2 is 1.90 bits per heavy atom. The number of hydrogen-bond acceptors (Lipinski definition) is 6. The highest BCUT2D eigenvalue weighted by molar-refractivity contribution is 7.99. The molecule has 0 unspecified atom stereocenters. The molecule has 4 amide bonds. The number of rotatable bonds is 8. The van der Waals surface area contributed by atoms with Crippen LogP contribution in [0.1, 0.15) is 31.2 Å². The first-order valence-electron chi connectivity index (χ1n) is 9.65. The molecule has 1 saturated carbocycles. The lowest BCUT2D eigenvalue weighted by molar-refractivity contribution is -0.151. The van der Waals surface area contributed by atoms with Crippen LogP contribution in [0.3, 0.4) is 0 Å². The maximum atomic E-state index is 12.5. The molecule has 1 saturated heterocycles. The Labute approximate surface area is 173 Å². The molecule has 0 bridgehead atoms. The van der Waals surface area contributed by atoms with Gasteiger partial charge in [0.25, 0.3) is 11.8 Å². The van der Waals surface area contributed by atoms with Crippen molar-refractivity contribution in [3.63, 3.8) is 0 Å². The lowest BCUT2D eigenvalue weighted by Crippen LogP contribution is -2.44. The van der Waals surface area contributed by atoms with Crippen molar-refractivity contribution >= 4 is 35.6 Å². The van der Waals surface area contributed by atoms with Crippen molar-refractivity contribution in [3.05, 3.63) is 29.8 Å². The van der Waals surface area contributed by atoms with Crippen LogP contribution in [0.2, 0.25) is 0 Å². The summed E-state index contributed by atoms with van der Waals surface area (Å²) in [6, 6.07) is 7.52. The number of hydrogen-bond donors (Lipinski definition) is 2. The van der Waals surface area contributed by atoms with Gasteiger partial charge in [0.1, 0.15) is 12.1 Å². The maximum Gasteiger partial charge on any atom is 0.326 e. The van der Waals surface area contributed by atoms with Crippen LogP contribution in [-0.4, -0.2) is 59.7 Å². The standard InChI is InChI=1S/C20H25N3O5S/c1-14-4-6-15(7-5-14)29-11-10-21-16(24)13-28-17(25)12-23-18(26)20(22-19(23)27)8-2-3-9-20/h4-7H,2-3,8-13H2,1H3,(H,21,24)(H,22,27). The van der Waals surface area contributed by atoms with Gasteiger partial charge in [0.2, 0.25) is 0 Å². The molecule has 0 aromatic heterocycles. The van der Waals surface area contributed by atoms with Gasteiger partial charge in [-0.3, -0.25) is 19.3 Å². The van der Waals surface area contributed by atoms with E-state index in [1.54, 1.807) is 11.8 Å². The zero-order valence-electron chi connectivity index (χ0n) is 16.4. The average molecular weight is 420 g/mol. The molecule has 3 rings (SSSR count). The van der Waals surface area contributed by atoms with E-state index < -0.39 is 36.6 Å². The molecule has 1 aliphatic heterocycles. The monoisotopic (exact) mass is 419 g/mol. The molecular weight excluding hydrogens is 394 g/mol. The van der Waals surface area contributed by atoms with E-state index >= 15 is 0 Å². The quantitative estimate of drug-likeness (QED) is 0.287. The summed E-state index contributed by atoms with van der Waals surface area (Å²) in [6.45, 7) is 1.53. The zero-order chi connectivity index (χ0) is 20.9. The Bertz CT molecular complexity index is 790. The molecule has 2 aliphatic rings. The van der Waals surface area contributed by atoms with E-state index in [0.29, 0.717) is 25.1 Å². The van der Waals surface area contributed by atoms with Crippen molar-refractivity contribution < 1.29 is 23.9 Å². The number of thioether (sulfide) groups is 1. The van der Waals surface area contributed by atoms with Crippen LogP contribution in [0.4, 0.5) is 4.79 Å². The number of imide groups is 1. The third-order valence-electron chi connectivity index (χ3n) is 5.07. The molecule has 156 valence electrons. The highest BCUT2D eigenvalue weighted by Crippen LogP contribution is 2.34. The van der Waals surface area contributed by atoms with E-state index in [1.807, 2.05) is 31.2 Å². The maximum absolute atomic E-state index is 12.5. The SMILES string of the molecule is Cc1ccc(SCCNC(=O)COC(=O)CN2C(=O)NC3(CCCC3)C2=O)cc1. The van der Waals surface area contributed by atoms with Gasteiger partial charge >= 0.3 is 12.0 Å². The lowest BCUT2D eigenvalue weighted by atomic mass is 9.98. The van der Waals surface area contributed by atoms with Gasteiger partial charge in [-0.1, -0.05) is 30.5 Å². The third kappa shape index (κ3) is 5.29. The Morgan fingerprint density at radius 3 is 2.59 bits per heavy atom. The van der Waals surface area contributed by atoms with Crippen molar-refractivity contribution in [3.8, 4) is 0 Å². The van der Waals surface area contributed by atoms with Crippen LogP contribution < -0.4 is 10.6 Å². The smallest absolute Gasteiger partial charge is 0.326 e. The van der Waals surface area contributed by atoms with E-state index in [9.17, 15) is 19.2 Å². The van der Waals surface area contributed by atoms with Crippen molar-refractivity contribution in [2.75, 3.05) is 25.4 Å². The normalized spacial score (nSPS) is 17.5. The summed E-state index contributed by atoms with van der Waals surface area (Å²) in [5, 5.41) is 5.37. The second kappa shape index (κ2) is 9.30. The van der Waals surface area contributed by atoms with Crippen LogP contribution in [-0.2, 0) is 19.1 Å². The first-order valence-corrected chi connectivity index (χ1v) is 10.6. The summed E-state index contributed by atoms with van der Waals surface area (Å²) in [6.07, 6.45) is 2.91. The summed E-state index contributed by atoms with van der Waals surface area (Å²) in [7, 11) is 0. The molecule has 1 aromatic carbocycles. The fraction of sp³-hybridized carbons (Fsp3) is 0.500. The number of ether oxygens (including phenoxy) is 1. The highest BCUT2D eigenvalue weighted by atomic mass is 32.2. The van der Waals surface area contributed by atoms with Crippen molar-refractivity contribution in [1.82, 2.24) is 15.5 Å². The summed E-state index contributed by atoms with van der Waals surface area (Å²) >= 11 is 1.62. The van der Waals surface area contributed by atoms with Gasteiger partial charge in [0.15, 0.2) is 6.61 Å². The number of carbonyl (C=O) groups is 4. The minimum atomic E-state index is -0.857. The average Bonchev–Trinajstić information content (AvgIpc) is 3.26. The number of nitrogens with one attached hydrogen (secondary N) is 2. The summed E-state index contributed by atoms with van der Waals surface area (Å²) in [4.78, 5) is 50.3. The van der Waals surface area contributed by atoms with Crippen LogP contribution in [0.5, 0.6) is 0 Å². The van der Waals surface area contributed by atoms with Crippen LogP contribution >= 0.6 is 11.8 Å². The molecule has 9 heteroatoms. The Balaban J connectivity index is 1.33. The second-order valence-electron chi connectivity index (χ2n) is 7.28. The van der Waals surface area contributed by atoms with E-state index in [1.165, 1.54) is 5.56 Å². The van der Waals surface area contributed by atoms with Gasteiger partial charge < -0.3 is 15.4 Å². The molecule has 1 heterocycles. The first-order chi connectivity index (χ1) is 13.9. The predicted molar refractivity (Wildman–Crippen MR) is 107 cm³/mol. The zero-order valence-corrected chi connectivity index (χ0v) is 17.2. The van der Waals surface area contributed by atoms with Gasteiger partial charge in [-0.05, 0) is 31.9 Å². The number of nitrogens with zero attached hydrogens (tertiary/aromatic N) is 1. The molecule has 0 atom stereocenters. The molecule has 29 heavy (non-hydrogen) atoms. The molecule has 1 aliphatic carbocycles. The first kappa shape index (κ1) is 21.2. The molecule has 0 radical (unpaired) electrons. The van der Waals surface area contributed by atoms with Crippen molar-refractivity contribution in [2.24, 2.45) is 0 Å². The number of esters is 1. The highest BCUT2D eigenvalue weighted by Gasteiger charge is 2.52. The lowest BCUT2D eigenvalue weighted by Gasteiger charge is -2.19. The van der Waals surface area contributed by atoms with E-state index in [0.717, 1.165) is 22.6 Å². The predicted octanol–water partition coefficient (Wildman–Crippen LogP) is 1.61. The van der Waals surface area contributed by atoms with E-state index in [2.05, 4.69) is 10.6 Å². The molecule has 2 N–H and O–H groups in total. The van der Waals surface area contributed by atoms with Gasteiger partial charge in [0.05, 0.1) is 0 Å². The van der Waals surface area contributed by atoms with Crippen LogP contribution in [0, 0.1) is 6.92 Å². The molecular formula is C20H25N3O5S. The topological polar surface area (TPSA) is 105 Å². The van der Waals surface area contributed by atoms with E-state index in [4.69, 9.17) is 4.74 Å². The van der Waals surface area contributed by atoms with Crippen LogP contribution in [0.15, 0.2) is 29.2 Å². The summed E-state index contributed by atoms with van der Waals surface area (Å²) in [5.41, 5.74) is 0.333. The number of benzene rings is 1. The Morgan fingerprint density at radius 1 is 1.21 bits per heavy atom. The molecule has 1 aromatic rings. The molecule has 2 fully saturated rings. The number of urea groups is 1. The second-order valence-corrected chi connectivity index (χ2v) is 8.45. The molecule has 1 spiro atoms. The van der Waals surface area contributed by atoms with E-state index in [-0.39, 0.29) is 5.91 Å². The van der Waals surface area contributed by atoms with Crippen molar-refractivity contribution in [1.29, 1.82) is 0 Å². The van der Waals surface area contributed by atoms with Gasteiger partial charge in [-0.2, -0.15) is 0 Å². The van der Waals surface area contributed by atoms with Gasteiger partial charge in [-0.25, -0.2) is 4.79 Å². The Hall–Kier alpha value is -2.55. The Kier molecular flexibility index (Phi) is 6.79. The number of amides is 4. The fourth-order valence-corrected chi connectivity index (χ4v) is 4.27. The van der Waals surface area contributed by atoms with Crippen molar-refractivity contribution in [2.45, 2.75) is 43.0 Å².